The van der Waals surface area contributed by atoms with Gasteiger partial charge in [0, 0.05) is 6.07 Å². The van der Waals surface area contributed by atoms with Crippen molar-refractivity contribution in [2.24, 2.45) is 0 Å². The van der Waals surface area contributed by atoms with Crippen LogP contribution in [-0.2, 0) is 0 Å². The fraction of sp³-hybridized carbons (Fsp3) is 0. The molecule has 0 amide bonds. The highest BCUT2D eigenvalue weighted by atomic mass is 32.2. The minimum atomic E-state index is -0.925. The summed E-state index contributed by atoms with van der Waals surface area (Å²) in [4.78, 5) is 4.35. The van der Waals surface area contributed by atoms with Crippen molar-refractivity contribution in [2.75, 3.05) is 0 Å². The van der Waals surface area contributed by atoms with Gasteiger partial charge in [-0.1, -0.05) is 0 Å². The topological polar surface area (TPSA) is 38.8 Å². The third-order valence-corrected chi connectivity index (χ3v) is 4.02. The monoisotopic (exact) mass is 195 g/mol. The Labute approximate surface area is 75.3 Å². The van der Waals surface area contributed by atoms with Crippen molar-refractivity contribution in [3.05, 3.63) is 22.9 Å². The molecule has 0 saturated carbocycles. The molecule has 1 unspecified atom stereocenters. The second-order valence-corrected chi connectivity index (χ2v) is 4.82. The number of hydrogen-bond donors (Lipinski definition) is 1. The van der Waals surface area contributed by atoms with Crippen LogP contribution in [0, 0.1) is 0 Å². The van der Waals surface area contributed by atoms with E-state index in [-0.39, 0.29) is 0 Å². The van der Waals surface area contributed by atoms with Crippen LogP contribution < -0.4 is 0 Å². The van der Waals surface area contributed by atoms with Crippen molar-refractivity contribution in [1.29, 1.82) is 0 Å². The number of aromatic amines is 1. The molecule has 12 heavy (non-hydrogen) atoms. The van der Waals surface area contributed by atoms with Gasteiger partial charge in [0.2, 0.25) is 4.70 Å². The van der Waals surface area contributed by atoms with E-state index in [0.29, 0.717) is 0 Å². The first kappa shape index (κ1) is 6.65. The van der Waals surface area contributed by atoms with Crippen molar-refractivity contribution in [3.8, 4) is 0 Å². The van der Waals surface area contributed by atoms with Crippen LogP contribution in [0.1, 0.15) is 0 Å². The molecule has 0 aliphatic rings. The van der Waals surface area contributed by atoms with E-state index in [0.717, 1.165) is 20.4 Å². The molecule has 0 spiro atoms. The summed E-state index contributed by atoms with van der Waals surface area (Å²) < 4.78 is 12.4. The normalized spacial score (nSPS) is 13.2. The van der Waals surface area contributed by atoms with E-state index < -0.39 is 10.8 Å². The van der Waals surface area contributed by atoms with E-state index in [2.05, 4.69) is 4.98 Å². The fourth-order valence-electron chi connectivity index (χ4n) is 1.44. The van der Waals surface area contributed by atoms with E-state index in [4.69, 9.17) is 0 Å². The van der Waals surface area contributed by atoms with Crippen LogP contribution in [0.25, 0.3) is 20.4 Å². The molecule has 3 aromatic heterocycles. The lowest BCUT2D eigenvalue weighted by Gasteiger charge is -1.83. The zero-order chi connectivity index (χ0) is 8.13. The highest BCUT2D eigenvalue weighted by Crippen LogP contribution is 2.36. The van der Waals surface area contributed by atoms with E-state index in [1.54, 1.807) is 16.7 Å². The van der Waals surface area contributed by atoms with Crippen LogP contribution in [0.2, 0.25) is 0 Å². The van der Waals surface area contributed by atoms with Crippen LogP contribution in [0.3, 0.4) is 0 Å². The number of nitrogens with one attached hydrogen (secondary N) is 1. The molecular formula is C8H5NOS2. The van der Waals surface area contributed by atoms with Crippen molar-refractivity contribution >= 4 is 42.5 Å². The third-order valence-electron chi connectivity index (χ3n) is 1.96. The molecule has 0 radical (unpaired) electrons. The summed E-state index contributed by atoms with van der Waals surface area (Å²) in [5.41, 5.74) is 1.01. The first-order valence-corrected chi connectivity index (χ1v) is 5.63. The Kier molecular flexibility index (Phi) is 1.16. The van der Waals surface area contributed by atoms with Crippen molar-refractivity contribution in [3.63, 3.8) is 0 Å². The molecule has 0 saturated heterocycles. The average molecular weight is 195 g/mol. The highest BCUT2D eigenvalue weighted by Gasteiger charge is 2.13. The van der Waals surface area contributed by atoms with Crippen molar-refractivity contribution in [1.82, 2.24) is 4.98 Å². The van der Waals surface area contributed by atoms with E-state index in [1.807, 2.05) is 17.5 Å². The third kappa shape index (κ3) is 0.671. The van der Waals surface area contributed by atoms with E-state index in [1.165, 1.54) is 0 Å². The summed E-state index contributed by atoms with van der Waals surface area (Å²) in [5, 5.41) is 4.84. The summed E-state index contributed by atoms with van der Waals surface area (Å²) in [6.07, 6.45) is 0. The molecule has 2 nitrogen and oxygen atoms in total. The highest BCUT2D eigenvalue weighted by molar-refractivity contribution is 7.31. The Bertz CT molecular complexity index is 545. The SMILES string of the molecule is [O-][s+]1ccc2[nH]c3sccc3c21. The molecule has 0 aliphatic heterocycles. The van der Waals surface area contributed by atoms with Gasteiger partial charge in [-0.25, -0.2) is 0 Å². The first-order valence-electron chi connectivity index (χ1n) is 3.54. The molecule has 60 valence electrons. The van der Waals surface area contributed by atoms with Gasteiger partial charge < -0.3 is 9.54 Å². The summed E-state index contributed by atoms with van der Waals surface area (Å²) in [5.74, 6) is 0. The van der Waals surface area contributed by atoms with Gasteiger partial charge >= 0.3 is 0 Å². The van der Waals surface area contributed by atoms with Gasteiger partial charge in [0.25, 0.3) is 0 Å². The van der Waals surface area contributed by atoms with Crippen molar-refractivity contribution in [2.45, 2.75) is 0 Å². The van der Waals surface area contributed by atoms with Crippen LogP contribution in [0.5, 0.6) is 0 Å². The van der Waals surface area contributed by atoms with E-state index in [9.17, 15) is 4.55 Å². The Hall–Kier alpha value is -0.840. The minimum Gasteiger partial charge on any atom is -0.590 e. The molecule has 3 aromatic rings. The zero-order valence-corrected chi connectivity index (χ0v) is 7.67. The number of aromatic nitrogens is 1. The summed E-state index contributed by atoms with van der Waals surface area (Å²) in [6, 6.07) is 3.90. The van der Waals surface area contributed by atoms with Gasteiger partial charge in [-0.05, 0) is 22.2 Å². The maximum atomic E-state index is 11.4. The Morgan fingerprint density at radius 1 is 1.42 bits per heavy atom. The number of fused-ring (bicyclic) bond motifs is 3. The van der Waals surface area contributed by atoms with Crippen molar-refractivity contribution < 1.29 is 4.55 Å². The predicted octanol–water partition coefficient (Wildman–Crippen LogP) is 3.11. The molecule has 1 N–H and O–H groups in total. The molecule has 0 bridgehead atoms. The number of hydrogen-bond acceptors (Lipinski definition) is 2. The van der Waals surface area contributed by atoms with Gasteiger partial charge in [-0.15, -0.1) is 11.3 Å². The fourth-order valence-corrected chi connectivity index (χ4v) is 3.43. The second-order valence-electron chi connectivity index (χ2n) is 2.63. The van der Waals surface area contributed by atoms with Gasteiger partial charge in [-0.3, -0.25) is 0 Å². The lowest BCUT2D eigenvalue weighted by atomic mass is 10.4. The van der Waals surface area contributed by atoms with Gasteiger partial charge in [0.15, 0.2) is 0 Å². The lowest BCUT2D eigenvalue weighted by Crippen LogP contribution is -1.53. The Balaban J connectivity index is 2.71. The first-order chi connectivity index (χ1) is 5.86. The van der Waals surface area contributed by atoms with Gasteiger partial charge in [0.05, 0.1) is 5.39 Å². The lowest BCUT2D eigenvalue weighted by molar-refractivity contribution is 0.600. The molecular weight excluding hydrogens is 190 g/mol. The molecule has 0 fully saturated rings. The Morgan fingerprint density at radius 3 is 3.25 bits per heavy atom. The average Bonchev–Trinajstić information content (AvgIpc) is 2.61. The standard InChI is InChI=1S/C8H5NOS2/c10-12-4-2-6-7(12)5-1-3-11-8(5)9-6/h1-4,9H. The minimum absolute atomic E-state index is 0.925. The summed E-state index contributed by atoms with van der Waals surface area (Å²) in [6.45, 7) is 0. The Morgan fingerprint density at radius 2 is 2.33 bits per heavy atom. The zero-order valence-electron chi connectivity index (χ0n) is 6.03. The maximum Gasteiger partial charge on any atom is 0.206 e. The summed E-state index contributed by atoms with van der Waals surface area (Å²) >= 11 is 1.65. The molecule has 3 heterocycles. The predicted molar refractivity (Wildman–Crippen MR) is 52.3 cm³/mol. The van der Waals surface area contributed by atoms with Crippen LogP contribution in [0.15, 0.2) is 22.9 Å². The second kappa shape index (κ2) is 2.10. The van der Waals surface area contributed by atoms with Crippen LogP contribution >= 0.6 is 22.1 Å². The molecule has 0 aliphatic carbocycles. The summed E-state index contributed by atoms with van der Waals surface area (Å²) in [7, 11) is -0.925. The number of rotatable bonds is 0. The number of H-pyrrole nitrogens is 1. The molecule has 4 heteroatoms. The quantitative estimate of drug-likeness (QED) is 0.550. The van der Waals surface area contributed by atoms with Gasteiger partial charge in [0.1, 0.15) is 15.7 Å². The molecule has 0 aromatic carbocycles. The van der Waals surface area contributed by atoms with Crippen LogP contribution in [-0.4, -0.2) is 9.54 Å². The molecule has 1 atom stereocenters. The largest absolute Gasteiger partial charge is 0.590 e. The van der Waals surface area contributed by atoms with E-state index >= 15 is 0 Å². The van der Waals surface area contributed by atoms with Crippen LogP contribution in [0.4, 0.5) is 0 Å². The molecule has 3 rings (SSSR count). The maximum absolute atomic E-state index is 11.4. The number of thiophene rings is 2. The van der Waals surface area contributed by atoms with Gasteiger partial charge in [-0.2, -0.15) is 0 Å². The smallest absolute Gasteiger partial charge is 0.206 e.